The van der Waals surface area contributed by atoms with Crippen molar-refractivity contribution in [3.63, 3.8) is 0 Å². The van der Waals surface area contributed by atoms with E-state index in [9.17, 15) is 0 Å². The molecule has 0 heterocycles. The lowest BCUT2D eigenvalue weighted by Crippen LogP contribution is -2.24. The molecule has 0 amide bonds. The first kappa shape index (κ1) is 11.9. The molecule has 0 saturated heterocycles. The minimum atomic E-state index is 0.135. The van der Waals surface area contributed by atoms with Gasteiger partial charge in [-0.05, 0) is 28.5 Å². The Hall–Kier alpha value is -1.56. The van der Waals surface area contributed by atoms with E-state index in [1.54, 1.807) is 0 Å². The summed E-state index contributed by atoms with van der Waals surface area (Å²) in [5.74, 6) is 0.492. The number of benzene rings is 2. The van der Waals surface area contributed by atoms with Gasteiger partial charge in [-0.25, -0.2) is 0 Å². The van der Waals surface area contributed by atoms with Crippen LogP contribution in [0.1, 0.15) is 37.8 Å². The van der Waals surface area contributed by atoms with Crippen molar-refractivity contribution in [2.45, 2.75) is 32.1 Å². The summed E-state index contributed by atoms with van der Waals surface area (Å²) in [5, 5.41) is 0. The van der Waals surface area contributed by atoms with E-state index in [-0.39, 0.29) is 5.41 Å². The molecule has 1 unspecified atom stereocenters. The molecule has 0 heteroatoms. The van der Waals surface area contributed by atoms with Crippen LogP contribution in [0, 0.1) is 6.07 Å². The fraction of sp³-hybridized carbons (Fsp3) is 0.294. The molecule has 1 atom stereocenters. The van der Waals surface area contributed by atoms with Gasteiger partial charge in [0.25, 0.3) is 0 Å². The van der Waals surface area contributed by atoms with Crippen molar-refractivity contribution in [2.24, 2.45) is 0 Å². The van der Waals surface area contributed by atoms with E-state index in [2.05, 4.69) is 69.3 Å². The first-order chi connectivity index (χ1) is 8.12. The van der Waals surface area contributed by atoms with Gasteiger partial charge in [-0.3, -0.25) is 0 Å². The van der Waals surface area contributed by atoms with E-state index in [1.807, 2.05) is 12.1 Å². The first-order valence-corrected chi connectivity index (χ1v) is 6.14. The maximum absolute atomic E-state index is 3.08. The maximum atomic E-state index is 3.08. The summed E-state index contributed by atoms with van der Waals surface area (Å²) in [6, 6.07) is 22.1. The fourth-order valence-electron chi connectivity index (χ4n) is 2.22. The zero-order valence-corrected chi connectivity index (χ0v) is 10.8. The SMILES string of the molecule is CC(c1ccccc1)C(C)(C)c1cc[c]cc1. The minimum Gasteiger partial charge on any atom is -0.0622 e. The zero-order valence-electron chi connectivity index (χ0n) is 10.8. The molecule has 0 saturated carbocycles. The molecule has 0 aromatic heterocycles. The number of hydrogen-bond donors (Lipinski definition) is 0. The van der Waals surface area contributed by atoms with Crippen LogP contribution >= 0.6 is 0 Å². The highest BCUT2D eigenvalue weighted by molar-refractivity contribution is 5.31. The van der Waals surface area contributed by atoms with E-state index < -0.39 is 0 Å². The molecule has 0 aliphatic carbocycles. The van der Waals surface area contributed by atoms with Crippen LogP contribution in [-0.4, -0.2) is 0 Å². The van der Waals surface area contributed by atoms with E-state index in [4.69, 9.17) is 0 Å². The predicted octanol–water partition coefficient (Wildman–Crippen LogP) is 4.57. The van der Waals surface area contributed by atoms with Crippen LogP contribution in [0.2, 0.25) is 0 Å². The van der Waals surface area contributed by atoms with Gasteiger partial charge in [0.2, 0.25) is 0 Å². The summed E-state index contributed by atoms with van der Waals surface area (Å²) in [6.45, 7) is 6.91. The normalized spacial score (nSPS) is 13.4. The summed E-state index contributed by atoms with van der Waals surface area (Å²) in [5.41, 5.74) is 2.90. The average molecular weight is 223 g/mol. The van der Waals surface area contributed by atoms with Crippen molar-refractivity contribution in [1.82, 2.24) is 0 Å². The Morgan fingerprint density at radius 2 is 1.53 bits per heavy atom. The molecule has 0 aliphatic heterocycles. The van der Waals surface area contributed by atoms with Gasteiger partial charge in [0.15, 0.2) is 0 Å². The third-order valence-corrected chi connectivity index (χ3v) is 3.84. The Labute approximate surface area is 104 Å². The van der Waals surface area contributed by atoms with Crippen LogP contribution in [-0.2, 0) is 5.41 Å². The molecule has 0 spiro atoms. The molecule has 2 aromatic rings. The Kier molecular flexibility index (Phi) is 3.33. The van der Waals surface area contributed by atoms with Crippen molar-refractivity contribution in [1.29, 1.82) is 0 Å². The summed E-state index contributed by atoms with van der Waals surface area (Å²) >= 11 is 0. The van der Waals surface area contributed by atoms with Gasteiger partial charge >= 0.3 is 0 Å². The molecular weight excluding hydrogens is 204 g/mol. The quantitative estimate of drug-likeness (QED) is 0.715. The molecule has 17 heavy (non-hydrogen) atoms. The van der Waals surface area contributed by atoms with Crippen LogP contribution < -0.4 is 0 Å². The van der Waals surface area contributed by atoms with Gasteiger partial charge in [0, 0.05) is 0 Å². The van der Waals surface area contributed by atoms with Gasteiger partial charge in [-0.15, -0.1) is 0 Å². The van der Waals surface area contributed by atoms with E-state index in [0.717, 1.165) is 0 Å². The smallest absolute Gasteiger partial charge is 0.00376 e. The van der Waals surface area contributed by atoms with E-state index in [1.165, 1.54) is 11.1 Å². The molecule has 0 fully saturated rings. The minimum absolute atomic E-state index is 0.135. The second kappa shape index (κ2) is 4.75. The third-order valence-electron chi connectivity index (χ3n) is 3.84. The highest BCUT2D eigenvalue weighted by Crippen LogP contribution is 2.37. The van der Waals surface area contributed by atoms with Gasteiger partial charge < -0.3 is 0 Å². The molecule has 2 aromatic carbocycles. The molecule has 0 aliphatic rings. The standard InChI is InChI=1S/C17H19/c1-14(15-10-6-4-7-11-15)17(2,3)16-12-8-5-9-13-16/h4,6-14H,1-3H3. The highest BCUT2D eigenvalue weighted by Gasteiger charge is 2.28. The lowest BCUT2D eigenvalue weighted by Gasteiger charge is -2.33. The summed E-state index contributed by atoms with van der Waals surface area (Å²) in [4.78, 5) is 0. The largest absolute Gasteiger partial charge is 0.0622 e. The maximum Gasteiger partial charge on any atom is -0.00376 e. The van der Waals surface area contributed by atoms with Crippen molar-refractivity contribution < 1.29 is 0 Å². The fourth-order valence-corrected chi connectivity index (χ4v) is 2.22. The lowest BCUT2D eigenvalue weighted by molar-refractivity contribution is 0.436. The second-order valence-corrected chi connectivity index (χ2v) is 5.14. The molecular formula is C17H19. The average Bonchev–Trinajstić information content (AvgIpc) is 2.40. The third kappa shape index (κ3) is 2.41. The number of rotatable bonds is 3. The Balaban J connectivity index is 2.33. The van der Waals surface area contributed by atoms with Crippen molar-refractivity contribution in [2.75, 3.05) is 0 Å². The lowest BCUT2D eigenvalue weighted by atomic mass is 9.71. The highest BCUT2D eigenvalue weighted by atomic mass is 14.3. The van der Waals surface area contributed by atoms with E-state index >= 15 is 0 Å². The summed E-state index contributed by atoms with van der Waals surface area (Å²) in [7, 11) is 0. The Morgan fingerprint density at radius 1 is 0.941 bits per heavy atom. The Bertz CT molecular complexity index is 454. The first-order valence-electron chi connectivity index (χ1n) is 6.14. The van der Waals surface area contributed by atoms with Gasteiger partial charge in [-0.1, -0.05) is 75.4 Å². The second-order valence-electron chi connectivity index (χ2n) is 5.14. The topological polar surface area (TPSA) is 0 Å². The van der Waals surface area contributed by atoms with Crippen LogP contribution in [0.25, 0.3) is 0 Å². The van der Waals surface area contributed by atoms with Crippen LogP contribution in [0.4, 0.5) is 0 Å². The molecule has 87 valence electrons. The van der Waals surface area contributed by atoms with Crippen LogP contribution in [0.3, 0.4) is 0 Å². The van der Waals surface area contributed by atoms with Gasteiger partial charge in [-0.2, -0.15) is 0 Å². The monoisotopic (exact) mass is 223 g/mol. The Morgan fingerprint density at radius 3 is 2.12 bits per heavy atom. The van der Waals surface area contributed by atoms with E-state index in [0.29, 0.717) is 5.92 Å². The van der Waals surface area contributed by atoms with Crippen molar-refractivity contribution >= 4 is 0 Å². The van der Waals surface area contributed by atoms with Gasteiger partial charge in [0.1, 0.15) is 0 Å². The van der Waals surface area contributed by atoms with Crippen molar-refractivity contribution in [3.05, 3.63) is 71.8 Å². The molecule has 0 N–H and O–H groups in total. The molecule has 2 rings (SSSR count). The summed E-state index contributed by atoms with van der Waals surface area (Å²) in [6.07, 6.45) is 0. The molecule has 1 radical (unpaired) electrons. The van der Waals surface area contributed by atoms with Gasteiger partial charge in [0.05, 0.1) is 0 Å². The van der Waals surface area contributed by atoms with Crippen LogP contribution in [0.5, 0.6) is 0 Å². The van der Waals surface area contributed by atoms with Crippen LogP contribution in [0.15, 0.2) is 54.6 Å². The predicted molar refractivity (Wildman–Crippen MR) is 73.2 cm³/mol. The zero-order chi connectivity index (χ0) is 12.3. The molecule has 0 bridgehead atoms. The summed E-state index contributed by atoms with van der Waals surface area (Å²) < 4.78 is 0. The molecule has 0 nitrogen and oxygen atoms in total. The van der Waals surface area contributed by atoms with Crippen molar-refractivity contribution in [3.8, 4) is 0 Å². The number of hydrogen-bond acceptors (Lipinski definition) is 0.